The number of nitrogen functional groups attached to an aromatic ring is 1. The first-order chi connectivity index (χ1) is 9.10. The van der Waals surface area contributed by atoms with Gasteiger partial charge >= 0.3 is 0 Å². The van der Waals surface area contributed by atoms with Crippen LogP contribution in [0, 0.1) is 17.1 Å². The Morgan fingerprint density at radius 1 is 1.26 bits per heavy atom. The molecule has 2 aromatic rings. The highest BCUT2D eigenvalue weighted by Crippen LogP contribution is 2.29. The summed E-state index contributed by atoms with van der Waals surface area (Å²) in [6.07, 6.45) is 0. The molecule has 2 nitrogen and oxygen atoms in total. The van der Waals surface area contributed by atoms with E-state index in [-0.39, 0.29) is 5.82 Å². The topological polar surface area (TPSA) is 49.8 Å². The van der Waals surface area contributed by atoms with Gasteiger partial charge in [0.25, 0.3) is 0 Å². The van der Waals surface area contributed by atoms with Crippen molar-refractivity contribution in [3.05, 3.63) is 58.4 Å². The van der Waals surface area contributed by atoms with Gasteiger partial charge in [-0.1, -0.05) is 17.7 Å². The highest BCUT2D eigenvalue weighted by atomic mass is 35.5. The predicted octanol–water partition coefficient (Wildman–Crippen LogP) is 4.23. The standard InChI is InChI=1S/C14H10ClFN2S/c15-12-6-11(3-4-14(12)18)19-8-10-2-1-9(7-17)5-13(10)16/h1-6H,8,18H2. The van der Waals surface area contributed by atoms with Crippen molar-refractivity contribution in [1.29, 1.82) is 5.26 Å². The normalized spacial score (nSPS) is 10.2. The van der Waals surface area contributed by atoms with Crippen LogP contribution in [0.15, 0.2) is 41.3 Å². The molecule has 2 rings (SSSR count). The highest BCUT2D eigenvalue weighted by Gasteiger charge is 2.05. The zero-order valence-corrected chi connectivity index (χ0v) is 11.4. The quantitative estimate of drug-likeness (QED) is 0.680. The zero-order valence-electron chi connectivity index (χ0n) is 9.86. The summed E-state index contributed by atoms with van der Waals surface area (Å²) in [6, 6.07) is 11.7. The molecular weight excluding hydrogens is 283 g/mol. The molecule has 0 radical (unpaired) electrons. The molecule has 96 valence electrons. The maximum atomic E-state index is 13.7. The van der Waals surface area contributed by atoms with Crippen LogP contribution in [0.1, 0.15) is 11.1 Å². The van der Waals surface area contributed by atoms with Gasteiger partial charge in [-0.2, -0.15) is 5.26 Å². The Bertz CT molecular complexity index is 652. The minimum atomic E-state index is -0.368. The van der Waals surface area contributed by atoms with E-state index in [4.69, 9.17) is 22.6 Å². The van der Waals surface area contributed by atoms with Crippen LogP contribution in [-0.2, 0) is 5.75 Å². The summed E-state index contributed by atoms with van der Waals surface area (Å²) in [5.41, 5.74) is 7.02. The number of hydrogen-bond acceptors (Lipinski definition) is 3. The molecule has 0 atom stereocenters. The lowest BCUT2D eigenvalue weighted by Gasteiger charge is -2.05. The molecule has 0 heterocycles. The third-order valence-electron chi connectivity index (χ3n) is 2.55. The molecule has 0 fully saturated rings. The Morgan fingerprint density at radius 2 is 2.05 bits per heavy atom. The first kappa shape index (κ1) is 13.7. The second kappa shape index (κ2) is 5.96. The minimum Gasteiger partial charge on any atom is -0.398 e. The van der Waals surface area contributed by atoms with Gasteiger partial charge in [-0.25, -0.2) is 4.39 Å². The number of nitrogens with two attached hydrogens (primary N) is 1. The van der Waals surface area contributed by atoms with Crippen LogP contribution in [0.25, 0.3) is 0 Å². The van der Waals surface area contributed by atoms with E-state index in [2.05, 4.69) is 0 Å². The number of anilines is 1. The average molecular weight is 293 g/mol. The molecule has 0 aliphatic rings. The Kier molecular flexibility index (Phi) is 4.31. The van der Waals surface area contributed by atoms with Crippen molar-refractivity contribution in [3.63, 3.8) is 0 Å². The lowest BCUT2D eigenvalue weighted by atomic mass is 10.1. The SMILES string of the molecule is N#Cc1ccc(CSc2ccc(N)c(Cl)c2)c(F)c1. The molecule has 2 N–H and O–H groups in total. The van der Waals surface area contributed by atoms with Crippen molar-refractivity contribution in [2.75, 3.05) is 5.73 Å². The van der Waals surface area contributed by atoms with Crippen LogP contribution in [0.2, 0.25) is 5.02 Å². The number of benzene rings is 2. The summed E-state index contributed by atoms with van der Waals surface area (Å²) in [6.45, 7) is 0. The number of rotatable bonds is 3. The molecular formula is C14H10ClFN2S. The molecule has 19 heavy (non-hydrogen) atoms. The van der Waals surface area contributed by atoms with Gasteiger partial charge in [-0.15, -0.1) is 11.8 Å². The molecule has 0 aliphatic carbocycles. The fourth-order valence-electron chi connectivity index (χ4n) is 1.49. The molecule has 0 bridgehead atoms. The molecule has 0 saturated heterocycles. The lowest BCUT2D eigenvalue weighted by Crippen LogP contribution is -1.90. The van der Waals surface area contributed by atoms with Crippen molar-refractivity contribution in [1.82, 2.24) is 0 Å². The van der Waals surface area contributed by atoms with Gasteiger partial charge < -0.3 is 5.73 Å². The smallest absolute Gasteiger partial charge is 0.128 e. The molecule has 0 saturated carbocycles. The van der Waals surface area contributed by atoms with E-state index in [1.165, 1.54) is 17.8 Å². The van der Waals surface area contributed by atoms with Gasteiger partial charge in [-0.05, 0) is 35.9 Å². The highest BCUT2D eigenvalue weighted by molar-refractivity contribution is 7.98. The van der Waals surface area contributed by atoms with Crippen molar-refractivity contribution < 1.29 is 4.39 Å². The van der Waals surface area contributed by atoms with E-state index < -0.39 is 0 Å². The Hall–Kier alpha value is -1.70. The van der Waals surface area contributed by atoms with Crippen LogP contribution in [0.4, 0.5) is 10.1 Å². The first-order valence-corrected chi connectivity index (χ1v) is 6.83. The predicted molar refractivity (Wildman–Crippen MR) is 76.5 cm³/mol. The molecule has 0 spiro atoms. The van der Waals surface area contributed by atoms with Crippen molar-refractivity contribution in [2.45, 2.75) is 10.6 Å². The Morgan fingerprint density at radius 3 is 2.68 bits per heavy atom. The number of nitriles is 1. The Labute approximate surface area is 120 Å². The van der Waals surface area contributed by atoms with Crippen molar-refractivity contribution in [3.8, 4) is 6.07 Å². The summed E-state index contributed by atoms with van der Waals surface area (Å²) >= 11 is 7.38. The van der Waals surface area contributed by atoms with E-state index in [1.54, 1.807) is 24.3 Å². The van der Waals surface area contributed by atoms with E-state index in [0.717, 1.165) is 4.90 Å². The van der Waals surface area contributed by atoms with Crippen LogP contribution < -0.4 is 5.73 Å². The number of halogens is 2. The van der Waals surface area contributed by atoms with Gasteiger partial charge in [0, 0.05) is 10.6 Å². The second-order valence-corrected chi connectivity index (χ2v) is 5.35. The second-order valence-electron chi connectivity index (χ2n) is 3.89. The summed E-state index contributed by atoms with van der Waals surface area (Å²) in [5, 5.41) is 9.16. The summed E-state index contributed by atoms with van der Waals surface area (Å²) in [5.74, 6) is 0.103. The molecule has 0 amide bonds. The van der Waals surface area contributed by atoms with Gasteiger partial charge in [0.05, 0.1) is 22.3 Å². The van der Waals surface area contributed by atoms with Crippen LogP contribution >= 0.6 is 23.4 Å². The number of nitrogens with zero attached hydrogens (tertiary/aromatic N) is 1. The van der Waals surface area contributed by atoms with E-state index in [9.17, 15) is 4.39 Å². The third-order valence-corrected chi connectivity index (χ3v) is 3.92. The summed E-state index contributed by atoms with van der Waals surface area (Å²) < 4.78 is 13.7. The summed E-state index contributed by atoms with van der Waals surface area (Å²) in [4.78, 5) is 0.919. The monoisotopic (exact) mass is 292 g/mol. The fourth-order valence-corrected chi connectivity index (χ4v) is 2.66. The third kappa shape index (κ3) is 3.40. The average Bonchev–Trinajstić information content (AvgIpc) is 2.41. The number of hydrogen-bond donors (Lipinski definition) is 1. The van der Waals surface area contributed by atoms with Crippen LogP contribution in [0.5, 0.6) is 0 Å². The van der Waals surface area contributed by atoms with E-state index >= 15 is 0 Å². The first-order valence-electron chi connectivity index (χ1n) is 5.46. The minimum absolute atomic E-state index is 0.321. The van der Waals surface area contributed by atoms with Crippen LogP contribution in [0.3, 0.4) is 0 Å². The Balaban J connectivity index is 2.10. The van der Waals surface area contributed by atoms with Crippen LogP contribution in [-0.4, -0.2) is 0 Å². The van der Waals surface area contributed by atoms with E-state index in [0.29, 0.717) is 27.6 Å². The molecule has 2 aromatic carbocycles. The largest absolute Gasteiger partial charge is 0.398 e. The van der Waals surface area contributed by atoms with Crippen molar-refractivity contribution in [2.24, 2.45) is 0 Å². The summed E-state index contributed by atoms with van der Waals surface area (Å²) in [7, 11) is 0. The van der Waals surface area contributed by atoms with Gasteiger partial charge in [-0.3, -0.25) is 0 Å². The van der Waals surface area contributed by atoms with Gasteiger partial charge in [0.2, 0.25) is 0 Å². The molecule has 5 heteroatoms. The fraction of sp³-hybridized carbons (Fsp3) is 0.0714. The molecule has 0 aliphatic heterocycles. The van der Waals surface area contributed by atoms with Crippen molar-refractivity contribution >= 4 is 29.1 Å². The van der Waals surface area contributed by atoms with Gasteiger partial charge in [0.15, 0.2) is 0 Å². The maximum Gasteiger partial charge on any atom is 0.128 e. The molecule has 0 aromatic heterocycles. The zero-order chi connectivity index (χ0) is 13.8. The lowest BCUT2D eigenvalue weighted by molar-refractivity contribution is 0.617. The van der Waals surface area contributed by atoms with E-state index in [1.807, 2.05) is 12.1 Å². The van der Waals surface area contributed by atoms with Gasteiger partial charge in [0.1, 0.15) is 5.82 Å². The molecule has 0 unspecified atom stereocenters. The maximum absolute atomic E-state index is 13.7. The number of thioether (sulfide) groups is 1.